The Hall–Kier alpha value is -3.01. The van der Waals surface area contributed by atoms with Crippen LogP contribution in [0.1, 0.15) is 24.3 Å². The first-order valence-electron chi connectivity index (χ1n) is 8.53. The van der Waals surface area contributed by atoms with Crippen LogP contribution in [0.25, 0.3) is 0 Å². The van der Waals surface area contributed by atoms with E-state index in [-0.39, 0.29) is 17.7 Å². The Morgan fingerprint density at radius 3 is 2.89 bits per heavy atom. The molecule has 1 amide bonds. The summed E-state index contributed by atoms with van der Waals surface area (Å²) in [6.07, 6.45) is 1.59. The Kier molecular flexibility index (Phi) is 6.53. The zero-order chi connectivity index (χ0) is 19.9. The second-order valence-corrected chi connectivity index (χ2v) is 6.83. The van der Waals surface area contributed by atoms with Crippen LogP contribution in [-0.4, -0.2) is 46.1 Å². The largest absolute Gasteiger partial charge is 0.497 e. The maximum Gasteiger partial charge on any atom is 0.230 e. The lowest BCUT2D eigenvalue weighted by Crippen LogP contribution is -2.28. The lowest BCUT2D eigenvalue weighted by atomic mass is 10.1. The number of hydrogen-bond acceptors (Lipinski definition) is 8. The molecule has 0 radical (unpaired) electrons. The first-order valence-corrected chi connectivity index (χ1v) is 9.52. The molecule has 1 unspecified atom stereocenters. The van der Waals surface area contributed by atoms with Crippen LogP contribution >= 0.6 is 11.8 Å². The third-order valence-corrected chi connectivity index (χ3v) is 4.96. The maximum atomic E-state index is 12.4. The molecule has 0 fully saturated rings. The molecule has 1 N–H and O–H groups in total. The molecule has 0 aliphatic heterocycles. The van der Waals surface area contributed by atoms with Gasteiger partial charge in [-0.25, -0.2) is 4.68 Å². The van der Waals surface area contributed by atoms with Gasteiger partial charge < -0.3 is 19.2 Å². The summed E-state index contributed by atoms with van der Waals surface area (Å²) < 4.78 is 17.5. The molecule has 28 heavy (non-hydrogen) atoms. The van der Waals surface area contributed by atoms with Crippen LogP contribution in [0.4, 0.5) is 0 Å². The monoisotopic (exact) mass is 403 g/mol. The number of nitrogens with zero attached hydrogens (tertiary/aromatic N) is 4. The van der Waals surface area contributed by atoms with E-state index in [0.717, 1.165) is 11.3 Å². The lowest BCUT2D eigenvalue weighted by Gasteiger charge is -2.18. The van der Waals surface area contributed by atoms with Gasteiger partial charge in [-0.05, 0) is 47.7 Å². The number of nitrogens with one attached hydrogen (secondary N) is 1. The molecular formula is C18H21N5O4S. The van der Waals surface area contributed by atoms with Crippen molar-refractivity contribution in [1.82, 2.24) is 25.5 Å². The van der Waals surface area contributed by atoms with Crippen molar-refractivity contribution in [3.63, 3.8) is 0 Å². The minimum atomic E-state index is -0.253. The van der Waals surface area contributed by atoms with E-state index in [9.17, 15) is 4.79 Å². The van der Waals surface area contributed by atoms with Gasteiger partial charge in [0.05, 0.1) is 32.3 Å². The van der Waals surface area contributed by atoms with Crippen LogP contribution in [-0.2, 0) is 11.3 Å². The van der Waals surface area contributed by atoms with Gasteiger partial charge in [-0.3, -0.25) is 4.79 Å². The van der Waals surface area contributed by atoms with Crippen molar-refractivity contribution in [3.8, 4) is 11.5 Å². The van der Waals surface area contributed by atoms with Gasteiger partial charge in [-0.15, -0.1) is 5.10 Å². The molecule has 0 saturated carbocycles. The molecule has 148 valence electrons. The van der Waals surface area contributed by atoms with Crippen molar-refractivity contribution in [1.29, 1.82) is 0 Å². The molecule has 3 rings (SSSR count). The fourth-order valence-electron chi connectivity index (χ4n) is 2.62. The summed E-state index contributed by atoms with van der Waals surface area (Å²) in [6.45, 7) is 2.29. The number of carbonyl (C=O) groups is 1. The van der Waals surface area contributed by atoms with Crippen LogP contribution in [0, 0.1) is 0 Å². The maximum absolute atomic E-state index is 12.4. The smallest absolute Gasteiger partial charge is 0.230 e. The SMILES string of the molecule is COc1ccc(OC)c(C(C)NC(=O)CSc2nnnn2Cc2ccco2)c1. The van der Waals surface area contributed by atoms with Crippen LogP contribution in [0.15, 0.2) is 46.2 Å². The fourth-order valence-corrected chi connectivity index (χ4v) is 3.31. The molecule has 0 spiro atoms. The quantitative estimate of drug-likeness (QED) is 0.543. The van der Waals surface area contributed by atoms with Crippen molar-refractivity contribution in [2.75, 3.05) is 20.0 Å². The van der Waals surface area contributed by atoms with Gasteiger partial charge in [0.1, 0.15) is 23.8 Å². The number of thioether (sulfide) groups is 1. The number of rotatable bonds is 9. The van der Waals surface area contributed by atoms with E-state index in [0.29, 0.717) is 23.2 Å². The number of furan rings is 1. The van der Waals surface area contributed by atoms with Crippen LogP contribution < -0.4 is 14.8 Å². The summed E-state index contributed by atoms with van der Waals surface area (Å²) in [6, 6.07) is 8.86. The molecule has 3 aromatic rings. The summed E-state index contributed by atoms with van der Waals surface area (Å²) >= 11 is 1.26. The minimum Gasteiger partial charge on any atom is -0.497 e. The second-order valence-electron chi connectivity index (χ2n) is 5.88. The average molecular weight is 403 g/mol. The summed E-state index contributed by atoms with van der Waals surface area (Å²) in [5.41, 5.74) is 0.836. The van der Waals surface area contributed by atoms with Gasteiger partial charge in [0, 0.05) is 5.56 Å². The molecule has 0 bridgehead atoms. The first-order chi connectivity index (χ1) is 13.6. The number of amides is 1. The van der Waals surface area contributed by atoms with Crippen molar-refractivity contribution < 1.29 is 18.7 Å². The van der Waals surface area contributed by atoms with E-state index < -0.39 is 0 Å². The van der Waals surface area contributed by atoms with E-state index in [1.165, 1.54) is 11.8 Å². The Labute approximate surface area is 166 Å². The number of tetrazole rings is 1. The first kappa shape index (κ1) is 19.7. The highest BCUT2D eigenvalue weighted by atomic mass is 32.2. The average Bonchev–Trinajstić information content (AvgIpc) is 3.38. The highest BCUT2D eigenvalue weighted by molar-refractivity contribution is 7.99. The van der Waals surface area contributed by atoms with Crippen LogP contribution in [0.5, 0.6) is 11.5 Å². The van der Waals surface area contributed by atoms with E-state index in [2.05, 4.69) is 20.8 Å². The van der Waals surface area contributed by atoms with Gasteiger partial charge in [0.25, 0.3) is 0 Å². The molecule has 2 heterocycles. The summed E-state index contributed by atoms with van der Waals surface area (Å²) in [5.74, 6) is 2.15. The topological polar surface area (TPSA) is 104 Å². The van der Waals surface area contributed by atoms with Crippen molar-refractivity contribution in [2.45, 2.75) is 24.7 Å². The zero-order valence-corrected chi connectivity index (χ0v) is 16.6. The molecule has 0 saturated heterocycles. The minimum absolute atomic E-state index is 0.144. The number of benzene rings is 1. The van der Waals surface area contributed by atoms with Crippen LogP contribution in [0.3, 0.4) is 0 Å². The molecule has 9 nitrogen and oxygen atoms in total. The second kappa shape index (κ2) is 9.27. The van der Waals surface area contributed by atoms with Crippen LogP contribution in [0.2, 0.25) is 0 Å². The molecule has 1 atom stereocenters. The normalized spacial score (nSPS) is 11.8. The van der Waals surface area contributed by atoms with Gasteiger partial charge in [-0.2, -0.15) is 0 Å². The number of aromatic nitrogens is 4. The molecular weight excluding hydrogens is 382 g/mol. The number of hydrogen-bond donors (Lipinski definition) is 1. The predicted molar refractivity (Wildman–Crippen MR) is 102 cm³/mol. The number of methoxy groups -OCH3 is 2. The van der Waals surface area contributed by atoms with Crippen molar-refractivity contribution >= 4 is 17.7 Å². The Bertz CT molecular complexity index is 913. The van der Waals surface area contributed by atoms with E-state index in [1.54, 1.807) is 31.2 Å². The number of ether oxygens (including phenoxy) is 2. The summed E-state index contributed by atoms with van der Waals surface area (Å²) in [7, 11) is 3.19. The van der Waals surface area contributed by atoms with Crippen molar-refractivity contribution in [2.24, 2.45) is 0 Å². The highest BCUT2D eigenvalue weighted by Gasteiger charge is 2.17. The molecule has 2 aromatic heterocycles. The molecule has 1 aromatic carbocycles. The predicted octanol–water partition coefficient (Wildman–Crippen LogP) is 2.30. The molecule has 0 aliphatic rings. The van der Waals surface area contributed by atoms with Crippen molar-refractivity contribution in [3.05, 3.63) is 47.9 Å². The Morgan fingerprint density at radius 1 is 1.32 bits per heavy atom. The van der Waals surface area contributed by atoms with E-state index in [1.807, 2.05) is 31.2 Å². The summed E-state index contributed by atoms with van der Waals surface area (Å²) in [4.78, 5) is 12.4. The zero-order valence-electron chi connectivity index (χ0n) is 15.8. The molecule has 0 aliphatic carbocycles. The van der Waals surface area contributed by atoms with E-state index >= 15 is 0 Å². The number of carbonyl (C=O) groups excluding carboxylic acids is 1. The Morgan fingerprint density at radius 2 is 2.18 bits per heavy atom. The third-order valence-electron chi connectivity index (χ3n) is 4.00. The van der Waals surface area contributed by atoms with Gasteiger partial charge in [0.2, 0.25) is 11.1 Å². The Balaban J connectivity index is 1.59. The van der Waals surface area contributed by atoms with E-state index in [4.69, 9.17) is 13.9 Å². The summed E-state index contributed by atoms with van der Waals surface area (Å²) in [5, 5.41) is 15.1. The van der Waals surface area contributed by atoms with Gasteiger partial charge in [0.15, 0.2) is 0 Å². The van der Waals surface area contributed by atoms with Gasteiger partial charge >= 0.3 is 0 Å². The highest BCUT2D eigenvalue weighted by Crippen LogP contribution is 2.29. The lowest BCUT2D eigenvalue weighted by molar-refractivity contribution is -0.119. The van der Waals surface area contributed by atoms with Gasteiger partial charge in [-0.1, -0.05) is 11.8 Å². The third kappa shape index (κ3) is 4.83. The molecule has 10 heteroatoms. The fraction of sp³-hybridized carbons (Fsp3) is 0.333. The standard InChI is InChI=1S/C18H21N5O4S/c1-12(15-9-13(25-2)6-7-16(15)26-3)19-17(24)11-28-18-20-21-22-23(18)10-14-5-4-8-27-14/h4-9,12H,10-11H2,1-3H3,(H,19,24).